The van der Waals surface area contributed by atoms with E-state index in [2.05, 4.69) is 20.3 Å². The van der Waals surface area contributed by atoms with Gasteiger partial charge in [0.05, 0.1) is 16.5 Å². The lowest BCUT2D eigenvalue weighted by Gasteiger charge is -2.35. The Morgan fingerprint density at radius 2 is 2.00 bits per heavy atom. The molecule has 0 saturated carbocycles. The van der Waals surface area contributed by atoms with Crippen molar-refractivity contribution in [2.24, 2.45) is 0 Å². The van der Waals surface area contributed by atoms with Gasteiger partial charge in [0, 0.05) is 31.4 Å². The first-order valence-electron chi connectivity index (χ1n) is 13.0. The highest BCUT2D eigenvalue weighted by molar-refractivity contribution is 6.18. The van der Waals surface area contributed by atoms with Crippen LogP contribution in [0.4, 0.5) is 10.2 Å². The standard InChI is InChI=1S/C30H27FN6O3/c1-2-19(15-32)30(39)37-13-7-6-8-20(37)16-33-28-26-24(17-34-29(26)36-18-35-28)27(38)23-12-11-22(14-25(23)31)40-21-9-4-3-5-10-21/h2-5,9-12,14,17-18,20H,6-8,13,16H2,1H3,(H2,33,34,35,36)/b19-2+. The van der Waals surface area contributed by atoms with E-state index in [0.717, 1.165) is 19.3 Å². The van der Waals surface area contributed by atoms with Gasteiger partial charge in [-0.15, -0.1) is 0 Å². The second-order valence-electron chi connectivity index (χ2n) is 9.38. The van der Waals surface area contributed by atoms with Crippen molar-refractivity contribution < 1.29 is 18.7 Å². The Bertz CT molecular complexity index is 1630. The van der Waals surface area contributed by atoms with E-state index in [1.54, 1.807) is 30.0 Å². The number of ketones is 1. The van der Waals surface area contributed by atoms with Crippen molar-refractivity contribution in [3.05, 3.63) is 89.6 Å². The number of hydrogen-bond donors (Lipinski definition) is 2. The molecule has 0 aliphatic carbocycles. The van der Waals surface area contributed by atoms with E-state index < -0.39 is 11.6 Å². The number of amides is 1. The number of nitriles is 1. The van der Waals surface area contributed by atoms with Gasteiger partial charge in [-0.3, -0.25) is 9.59 Å². The molecule has 4 aromatic rings. The van der Waals surface area contributed by atoms with Gasteiger partial charge in [0.2, 0.25) is 0 Å². The lowest BCUT2D eigenvalue weighted by Crippen LogP contribution is -2.47. The van der Waals surface area contributed by atoms with Crippen molar-refractivity contribution in [3.8, 4) is 17.6 Å². The number of nitrogens with zero attached hydrogens (tertiary/aromatic N) is 4. The van der Waals surface area contributed by atoms with Gasteiger partial charge >= 0.3 is 0 Å². The molecule has 2 aromatic heterocycles. The number of benzene rings is 2. The molecule has 0 spiro atoms. The quantitative estimate of drug-likeness (QED) is 0.175. The van der Waals surface area contributed by atoms with Gasteiger partial charge in [-0.1, -0.05) is 24.3 Å². The first-order chi connectivity index (χ1) is 19.5. The predicted molar refractivity (Wildman–Crippen MR) is 147 cm³/mol. The Labute approximate surface area is 230 Å². The van der Waals surface area contributed by atoms with Crippen LogP contribution in [0.5, 0.6) is 11.5 Å². The summed E-state index contributed by atoms with van der Waals surface area (Å²) < 4.78 is 20.8. The fraction of sp³-hybridized carbons (Fsp3) is 0.233. The lowest BCUT2D eigenvalue weighted by molar-refractivity contribution is -0.129. The Balaban J connectivity index is 1.38. The number of ether oxygens (including phenoxy) is 1. The Kier molecular flexibility index (Phi) is 7.82. The molecule has 3 heterocycles. The van der Waals surface area contributed by atoms with Gasteiger partial charge in [-0.25, -0.2) is 14.4 Å². The Morgan fingerprint density at radius 3 is 2.75 bits per heavy atom. The highest BCUT2D eigenvalue weighted by Crippen LogP contribution is 2.29. The topological polar surface area (TPSA) is 124 Å². The van der Waals surface area contributed by atoms with E-state index in [0.29, 0.717) is 35.7 Å². The molecule has 5 rings (SSSR count). The maximum Gasteiger partial charge on any atom is 0.264 e. The Morgan fingerprint density at radius 1 is 1.18 bits per heavy atom. The molecular formula is C30H27FN6O3. The molecule has 1 fully saturated rings. The van der Waals surface area contributed by atoms with Crippen molar-refractivity contribution in [1.82, 2.24) is 19.9 Å². The van der Waals surface area contributed by atoms with Crippen LogP contribution < -0.4 is 10.1 Å². The fourth-order valence-electron chi connectivity index (χ4n) is 4.87. The summed E-state index contributed by atoms with van der Waals surface area (Å²) in [6.07, 6.45) is 6.94. The first-order valence-corrected chi connectivity index (χ1v) is 13.0. The van der Waals surface area contributed by atoms with Crippen LogP contribution in [0.25, 0.3) is 11.0 Å². The average Bonchev–Trinajstić information content (AvgIpc) is 3.42. The smallest absolute Gasteiger partial charge is 0.264 e. The van der Waals surface area contributed by atoms with Gasteiger partial charge in [0.1, 0.15) is 46.8 Å². The van der Waals surface area contributed by atoms with Crippen molar-refractivity contribution in [3.63, 3.8) is 0 Å². The van der Waals surface area contributed by atoms with E-state index in [1.165, 1.54) is 30.7 Å². The molecule has 1 aliphatic rings. The minimum absolute atomic E-state index is 0.108. The molecule has 40 heavy (non-hydrogen) atoms. The molecule has 1 amide bonds. The molecule has 2 N–H and O–H groups in total. The van der Waals surface area contributed by atoms with Crippen LogP contribution in [0, 0.1) is 17.1 Å². The summed E-state index contributed by atoms with van der Waals surface area (Å²) in [4.78, 5) is 39.6. The number of carbonyl (C=O) groups is 2. The molecular weight excluding hydrogens is 511 g/mol. The van der Waals surface area contributed by atoms with E-state index in [4.69, 9.17) is 4.74 Å². The summed E-state index contributed by atoms with van der Waals surface area (Å²) in [6, 6.07) is 14.9. The van der Waals surface area contributed by atoms with Crippen molar-refractivity contribution in [1.29, 1.82) is 5.26 Å². The summed E-state index contributed by atoms with van der Waals surface area (Å²) in [7, 11) is 0. The molecule has 9 nitrogen and oxygen atoms in total. The largest absolute Gasteiger partial charge is 0.457 e. The highest BCUT2D eigenvalue weighted by atomic mass is 19.1. The van der Waals surface area contributed by atoms with Crippen molar-refractivity contribution in [2.75, 3.05) is 18.4 Å². The molecule has 0 radical (unpaired) electrons. The number of aromatic nitrogens is 3. The van der Waals surface area contributed by atoms with Gasteiger partial charge in [0.15, 0.2) is 5.78 Å². The number of carbonyl (C=O) groups excluding carboxylic acids is 2. The molecule has 1 aliphatic heterocycles. The number of nitrogens with one attached hydrogen (secondary N) is 2. The number of piperidine rings is 1. The van der Waals surface area contributed by atoms with Crippen LogP contribution in [0.15, 0.2) is 72.7 Å². The number of fused-ring (bicyclic) bond motifs is 1. The number of allylic oxidation sites excluding steroid dienone is 1. The maximum absolute atomic E-state index is 15.1. The van der Waals surface area contributed by atoms with Crippen molar-refractivity contribution >= 4 is 28.5 Å². The normalized spacial score (nSPS) is 15.5. The van der Waals surface area contributed by atoms with Crippen LogP contribution in [0.1, 0.15) is 42.1 Å². The van der Waals surface area contributed by atoms with Crippen LogP contribution in [-0.2, 0) is 4.79 Å². The third kappa shape index (κ3) is 5.40. The van der Waals surface area contributed by atoms with Crippen LogP contribution in [0.2, 0.25) is 0 Å². The van der Waals surface area contributed by atoms with E-state index >= 15 is 4.39 Å². The van der Waals surface area contributed by atoms with Gasteiger partial charge in [-0.2, -0.15) is 5.26 Å². The van der Waals surface area contributed by atoms with Gasteiger partial charge in [0.25, 0.3) is 5.91 Å². The van der Waals surface area contributed by atoms with E-state index in [-0.39, 0.29) is 34.4 Å². The number of H-pyrrole nitrogens is 1. The molecule has 0 bridgehead atoms. The summed E-state index contributed by atoms with van der Waals surface area (Å²) in [6.45, 7) is 2.59. The average molecular weight is 539 g/mol. The SMILES string of the molecule is C/C=C(\C#N)C(=O)N1CCCCC1CNc1ncnc2[nH]cc(C(=O)c3ccc(Oc4ccccc4)cc3F)c12. The monoisotopic (exact) mass is 538 g/mol. The molecule has 1 unspecified atom stereocenters. The molecule has 202 valence electrons. The summed E-state index contributed by atoms with van der Waals surface area (Å²) in [5.41, 5.74) is 0.626. The van der Waals surface area contributed by atoms with Gasteiger partial charge < -0.3 is 19.9 Å². The molecule has 1 atom stereocenters. The minimum atomic E-state index is -0.715. The number of anilines is 1. The molecule has 2 aromatic carbocycles. The van der Waals surface area contributed by atoms with Crippen LogP contribution >= 0.6 is 0 Å². The first kappa shape index (κ1) is 26.6. The second kappa shape index (κ2) is 11.8. The third-order valence-corrected chi connectivity index (χ3v) is 6.91. The molecule has 10 heteroatoms. The Hall–Kier alpha value is -5.04. The van der Waals surface area contributed by atoms with Crippen LogP contribution in [0.3, 0.4) is 0 Å². The number of para-hydroxylation sites is 1. The molecule has 1 saturated heterocycles. The predicted octanol–water partition coefficient (Wildman–Crippen LogP) is 5.38. The zero-order valence-corrected chi connectivity index (χ0v) is 21.9. The fourth-order valence-corrected chi connectivity index (χ4v) is 4.87. The summed E-state index contributed by atoms with van der Waals surface area (Å²) in [5.74, 6) is -0.324. The lowest BCUT2D eigenvalue weighted by atomic mass is 10.0. The highest BCUT2D eigenvalue weighted by Gasteiger charge is 2.29. The number of halogens is 1. The summed E-state index contributed by atoms with van der Waals surface area (Å²) in [5, 5.41) is 13.0. The van der Waals surface area contributed by atoms with Crippen molar-refractivity contribution in [2.45, 2.75) is 32.2 Å². The number of rotatable bonds is 8. The summed E-state index contributed by atoms with van der Waals surface area (Å²) >= 11 is 0. The second-order valence-corrected chi connectivity index (χ2v) is 9.38. The number of likely N-dealkylation sites (tertiary alicyclic amines) is 1. The minimum Gasteiger partial charge on any atom is -0.457 e. The maximum atomic E-state index is 15.1. The van der Waals surface area contributed by atoms with E-state index in [1.807, 2.05) is 24.3 Å². The zero-order valence-electron chi connectivity index (χ0n) is 21.9. The third-order valence-electron chi connectivity index (χ3n) is 6.91. The number of hydrogen-bond acceptors (Lipinski definition) is 7. The zero-order chi connectivity index (χ0) is 28.1. The number of aromatic amines is 1. The van der Waals surface area contributed by atoms with Gasteiger partial charge in [-0.05, 0) is 50.5 Å². The van der Waals surface area contributed by atoms with Crippen LogP contribution in [-0.4, -0.2) is 50.7 Å². The van der Waals surface area contributed by atoms with E-state index in [9.17, 15) is 14.9 Å².